The molecule has 4 aliphatic rings. The van der Waals surface area contributed by atoms with E-state index in [1.165, 1.54) is 11.1 Å². The quantitative estimate of drug-likeness (QED) is 0.0595. The summed E-state index contributed by atoms with van der Waals surface area (Å²) in [6.07, 6.45) is 16.9. The lowest BCUT2D eigenvalue weighted by molar-refractivity contribution is -0.194. The Morgan fingerprint density at radius 3 is 2.51 bits per heavy atom. The Kier molecular flexibility index (Phi) is 15.2. The fourth-order valence-corrected chi connectivity index (χ4v) is 10.5. The number of hydrogen-bond acceptors (Lipinski definition) is 9. The van der Waals surface area contributed by atoms with Crippen LogP contribution in [0, 0.1) is 35.0 Å². The number of fused-ring (bicyclic) bond motifs is 5. The van der Waals surface area contributed by atoms with Gasteiger partial charge in [0.25, 0.3) is 0 Å². The van der Waals surface area contributed by atoms with E-state index in [-0.39, 0.29) is 42.9 Å². The normalized spacial score (nSPS) is 35.9. The predicted octanol–water partition coefficient (Wildman–Crippen LogP) is 4.47. The van der Waals surface area contributed by atoms with E-state index in [1.807, 2.05) is 46.2 Å². The van der Waals surface area contributed by atoms with Gasteiger partial charge in [0.1, 0.15) is 12.5 Å². The zero-order valence-electron chi connectivity index (χ0n) is 33.5. The van der Waals surface area contributed by atoms with Crippen molar-refractivity contribution in [3.05, 3.63) is 106 Å². The second-order valence-electron chi connectivity index (χ2n) is 16.7. The van der Waals surface area contributed by atoms with E-state index in [0.29, 0.717) is 56.2 Å². The highest BCUT2D eigenvalue weighted by molar-refractivity contribution is 5.74. The molecule has 1 aliphatic heterocycles. The molecule has 0 amide bonds. The molecule has 1 aromatic carbocycles. The molecule has 0 aromatic heterocycles. The van der Waals surface area contributed by atoms with Crippen LogP contribution in [0.4, 0.5) is 0 Å². The number of benzene rings is 1. The van der Waals surface area contributed by atoms with Gasteiger partial charge in [0.2, 0.25) is 0 Å². The molecule has 9 nitrogen and oxygen atoms in total. The molecule has 0 radical (unpaired) electrons. The first-order valence-corrected chi connectivity index (χ1v) is 20.5. The third-order valence-electron chi connectivity index (χ3n) is 13.4. The Labute approximate surface area is 329 Å². The van der Waals surface area contributed by atoms with Gasteiger partial charge in [-0.25, -0.2) is 0 Å². The molecule has 10 atom stereocenters. The maximum absolute atomic E-state index is 12.8. The molecule has 8 N–H and O–H groups in total. The second kappa shape index (κ2) is 19.4. The average molecular weight is 758 g/mol. The van der Waals surface area contributed by atoms with E-state index in [9.17, 15) is 30.3 Å². The summed E-state index contributed by atoms with van der Waals surface area (Å²) in [6, 6.07) is 8.82. The van der Waals surface area contributed by atoms with Gasteiger partial charge in [-0.2, -0.15) is 0 Å². The van der Waals surface area contributed by atoms with Gasteiger partial charge in [-0.05, 0) is 144 Å². The molecule has 4 bridgehead atoms. The van der Waals surface area contributed by atoms with Crippen LogP contribution in [0.25, 0.3) is 0 Å². The van der Waals surface area contributed by atoms with Crippen LogP contribution < -0.4 is 16.0 Å². The first-order valence-electron chi connectivity index (χ1n) is 20.5. The van der Waals surface area contributed by atoms with Crippen LogP contribution in [0.15, 0.2) is 95.2 Å². The summed E-state index contributed by atoms with van der Waals surface area (Å²) < 4.78 is 0. The molecule has 0 unspecified atom stereocenters. The number of rotatable bonds is 14. The summed E-state index contributed by atoms with van der Waals surface area (Å²) in [6.45, 7) is 9.41. The number of allylic oxidation sites excluding steroid dienone is 9. The van der Waals surface area contributed by atoms with E-state index < -0.39 is 29.3 Å². The van der Waals surface area contributed by atoms with Crippen molar-refractivity contribution in [2.75, 3.05) is 40.4 Å². The number of nitrogens with one attached hydrogen (secondary N) is 3. The van der Waals surface area contributed by atoms with Gasteiger partial charge < -0.3 is 36.2 Å². The molecule has 2 fully saturated rings. The molecule has 302 valence electrons. The highest BCUT2D eigenvalue weighted by Crippen LogP contribution is 2.67. The molecule has 2 saturated carbocycles. The van der Waals surface area contributed by atoms with E-state index >= 15 is 0 Å². The number of carbonyl (C=O) groups is 1. The molecule has 55 heavy (non-hydrogen) atoms. The van der Waals surface area contributed by atoms with Crippen LogP contribution in [-0.2, 0) is 17.6 Å². The Morgan fingerprint density at radius 1 is 1.07 bits per heavy atom. The van der Waals surface area contributed by atoms with Crippen LogP contribution in [-0.4, -0.2) is 96.2 Å². The maximum atomic E-state index is 12.8. The first-order chi connectivity index (χ1) is 26.5. The van der Waals surface area contributed by atoms with Crippen LogP contribution in [0.2, 0.25) is 0 Å². The summed E-state index contributed by atoms with van der Waals surface area (Å²) in [5.41, 5.74) is 4.36. The molecule has 0 saturated heterocycles. The Morgan fingerprint density at radius 2 is 1.82 bits per heavy atom. The van der Waals surface area contributed by atoms with E-state index in [2.05, 4.69) is 65.0 Å². The Balaban J connectivity index is 1.43. The van der Waals surface area contributed by atoms with Crippen molar-refractivity contribution < 1.29 is 30.3 Å². The highest BCUT2D eigenvalue weighted by Gasteiger charge is 2.68. The lowest BCUT2D eigenvalue weighted by Crippen LogP contribution is -2.65. The fourth-order valence-electron chi connectivity index (χ4n) is 10.5. The standard InChI is InChI=1S/C46H67N3O6/c1-30(36-13-12-31(2)44(54)49-39(17-21-47-4)26-34-10-7-9-33(24-34)25-36)8-6-11-38(29-52)40-16-19-46(43(40)53)42-35(18-23-50)14-15-37(41(42)32(3)28-51)27-45(46,55)20-22-48-5/h6-12,14-15,24,28,35-37,39-40,42-44,47-50,52-55H,1,13,16-23,25-27,29H2,2-5H3/b8-6+,31-12+,38-11-,41-32?/t35-,36-,37-,39-,40-,42-,43+,44+,45+,46+/m0/s1. The minimum atomic E-state index is -1.23. The summed E-state index contributed by atoms with van der Waals surface area (Å²) in [5, 5.41) is 67.2. The van der Waals surface area contributed by atoms with Gasteiger partial charge in [0, 0.05) is 29.9 Å². The lowest BCUT2D eigenvalue weighted by Gasteiger charge is -2.61. The van der Waals surface area contributed by atoms with Crippen molar-refractivity contribution in [1.29, 1.82) is 0 Å². The van der Waals surface area contributed by atoms with E-state index in [0.717, 1.165) is 48.8 Å². The molecular formula is C46H67N3O6. The molecule has 3 aliphatic carbocycles. The minimum Gasteiger partial charge on any atom is -0.396 e. The number of aliphatic hydroxyl groups excluding tert-OH is 4. The van der Waals surface area contributed by atoms with Crippen LogP contribution >= 0.6 is 0 Å². The lowest BCUT2D eigenvalue weighted by atomic mass is 9.45. The van der Waals surface area contributed by atoms with Crippen molar-refractivity contribution >= 4 is 6.29 Å². The summed E-state index contributed by atoms with van der Waals surface area (Å²) in [5.74, 6) is -0.922. The van der Waals surface area contributed by atoms with E-state index in [1.54, 1.807) is 0 Å². The topological polar surface area (TPSA) is 154 Å². The molecule has 1 spiro atoms. The maximum Gasteiger partial charge on any atom is 0.145 e. The summed E-state index contributed by atoms with van der Waals surface area (Å²) >= 11 is 0. The molecule has 9 heteroatoms. The monoisotopic (exact) mass is 758 g/mol. The Bertz CT molecular complexity index is 1650. The molecule has 1 heterocycles. The van der Waals surface area contributed by atoms with Crippen molar-refractivity contribution in [3.63, 3.8) is 0 Å². The molecular weight excluding hydrogens is 691 g/mol. The average Bonchev–Trinajstić information content (AvgIpc) is 3.52. The number of carbonyl (C=O) groups excluding carboxylic acids is 1. The van der Waals surface area contributed by atoms with Crippen molar-refractivity contribution in [3.8, 4) is 0 Å². The van der Waals surface area contributed by atoms with Crippen molar-refractivity contribution in [1.82, 2.24) is 16.0 Å². The fraction of sp³-hybridized carbons (Fsp3) is 0.587. The van der Waals surface area contributed by atoms with Gasteiger partial charge in [-0.1, -0.05) is 78.4 Å². The summed E-state index contributed by atoms with van der Waals surface area (Å²) in [4.78, 5) is 12.3. The molecule has 1 aromatic rings. The highest BCUT2D eigenvalue weighted by atomic mass is 16.3. The van der Waals surface area contributed by atoms with Crippen molar-refractivity contribution in [2.24, 2.45) is 35.0 Å². The van der Waals surface area contributed by atoms with Gasteiger partial charge in [-0.15, -0.1) is 0 Å². The first kappa shape index (κ1) is 43.1. The summed E-state index contributed by atoms with van der Waals surface area (Å²) in [7, 11) is 3.80. The number of hydrogen-bond donors (Lipinski definition) is 8. The predicted molar refractivity (Wildman–Crippen MR) is 220 cm³/mol. The van der Waals surface area contributed by atoms with Crippen LogP contribution in [0.1, 0.15) is 69.9 Å². The van der Waals surface area contributed by atoms with Crippen LogP contribution in [0.3, 0.4) is 0 Å². The SMILES string of the molecule is C=C(/C=C/C=C(/CO)[C@@H]1CC[C@]2([C@@H]1O)[C@@H]1C(=C(C)C=O)[C@@H](C=C[C@H]1CCO)C[C@]2(O)CCNC)[C@H]1C/C=C(\C)[C@@H](O)N[C@@H](CCNC)Cc2cccc(c2)C1. The zero-order valence-corrected chi connectivity index (χ0v) is 33.5. The third-order valence-corrected chi connectivity index (χ3v) is 13.4. The van der Waals surface area contributed by atoms with Gasteiger partial charge >= 0.3 is 0 Å². The minimum absolute atomic E-state index is 0.0404. The molecule has 5 rings (SSSR count). The smallest absolute Gasteiger partial charge is 0.145 e. The Hall–Kier alpha value is -2.99. The number of aldehydes is 1. The largest absolute Gasteiger partial charge is 0.396 e. The van der Waals surface area contributed by atoms with Gasteiger partial charge in [0.05, 0.1) is 18.3 Å². The van der Waals surface area contributed by atoms with E-state index in [4.69, 9.17) is 0 Å². The van der Waals surface area contributed by atoms with Gasteiger partial charge in [0.15, 0.2) is 0 Å². The number of aliphatic hydroxyl groups is 5. The van der Waals surface area contributed by atoms with Crippen LogP contribution in [0.5, 0.6) is 0 Å². The van der Waals surface area contributed by atoms with Gasteiger partial charge in [-0.3, -0.25) is 10.1 Å². The van der Waals surface area contributed by atoms with Crippen molar-refractivity contribution in [2.45, 2.75) is 95.6 Å². The third kappa shape index (κ3) is 9.26. The zero-order chi connectivity index (χ0) is 39.8. The second-order valence-corrected chi connectivity index (χ2v) is 16.7.